The largest absolute Gasteiger partial charge is 0.352 e. The lowest BCUT2D eigenvalue weighted by Crippen LogP contribution is -2.42. The van der Waals surface area contributed by atoms with E-state index in [1.807, 2.05) is 0 Å². The zero-order chi connectivity index (χ0) is 14.3. The number of amides is 1. The zero-order valence-corrected chi connectivity index (χ0v) is 11.7. The van der Waals surface area contributed by atoms with Crippen LogP contribution in [0.2, 0.25) is 0 Å². The molecule has 2 unspecified atom stereocenters. The van der Waals surface area contributed by atoms with Crippen molar-refractivity contribution in [2.45, 2.75) is 45.1 Å². The lowest BCUT2D eigenvalue weighted by molar-refractivity contribution is -0.122. The Hall–Kier alpha value is -1.42. The van der Waals surface area contributed by atoms with Crippen molar-refractivity contribution >= 4 is 5.91 Å². The highest BCUT2D eigenvalue weighted by Crippen LogP contribution is 2.16. The summed E-state index contributed by atoms with van der Waals surface area (Å²) in [7, 11) is 0. The van der Waals surface area contributed by atoms with Gasteiger partial charge in [-0.05, 0) is 31.0 Å². The van der Waals surface area contributed by atoms with Crippen molar-refractivity contribution in [1.29, 1.82) is 0 Å². The minimum Gasteiger partial charge on any atom is -0.352 e. The van der Waals surface area contributed by atoms with E-state index in [1.165, 1.54) is 12.1 Å². The van der Waals surface area contributed by atoms with Gasteiger partial charge in [-0.1, -0.05) is 31.9 Å². The molecule has 19 heavy (non-hydrogen) atoms. The summed E-state index contributed by atoms with van der Waals surface area (Å²) in [5.41, 5.74) is 6.33. The Kier molecular flexibility index (Phi) is 6.50. The average Bonchev–Trinajstić information content (AvgIpc) is 2.42. The molecule has 2 atom stereocenters. The van der Waals surface area contributed by atoms with E-state index >= 15 is 0 Å². The fourth-order valence-corrected chi connectivity index (χ4v) is 1.95. The first-order valence-electron chi connectivity index (χ1n) is 6.84. The summed E-state index contributed by atoms with van der Waals surface area (Å²) < 4.78 is 13.1. The van der Waals surface area contributed by atoms with Gasteiger partial charge in [-0.3, -0.25) is 4.79 Å². The van der Waals surface area contributed by atoms with Crippen molar-refractivity contribution in [3.05, 3.63) is 35.6 Å². The molecule has 0 bridgehead atoms. The van der Waals surface area contributed by atoms with Gasteiger partial charge in [0.25, 0.3) is 0 Å². The van der Waals surface area contributed by atoms with E-state index in [4.69, 9.17) is 5.73 Å². The molecule has 3 N–H and O–H groups in total. The lowest BCUT2D eigenvalue weighted by Gasteiger charge is -2.19. The van der Waals surface area contributed by atoms with Gasteiger partial charge in [0.1, 0.15) is 5.82 Å². The summed E-state index contributed by atoms with van der Waals surface area (Å²) in [4.78, 5) is 12.1. The molecule has 1 aromatic carbocycles. The number of unbranched alkanes of at least 4 members (excludes halogenated alkanes) is 1. The van der Waals surface area contributed by atoms with Gasteiger partial charge in [0.15, 0.2) is 0 Å². The van der Waals surface area contributed by atoms with E-state index in [1.54, 1.807) is 19.1 Å². The normalized spacial score (nSPS) is 13.9. The van der Waals surface area contributed by atoms with Crippen LogP contribution in [0.1, 0.15) is 44.6 Å². The SMILES string of the molecule is CCCCC(CN)NC(=O)C(C)c1cccc(F)c1. The third-order valence-electron chi connectivity index (χ3n) is 3.28. The lowest BCUT2D eigenvalue weighted by atomic mass is 9.99. The number of rotatable bonds is 7. The molecule has 0 spiro atoms. The van der Waals surface area contributed by atoms with Crippen LogP contribution in [0.15, 0.2) is 24.3 Å². The molecule has 1 amide bonds. The smallest absolute Gasteiger partial charge is 0.227 e. The average molecular weight is 266 g/mol. The quantitative estimate of drug-likeness (QED) is 0.797. The van der Waals surface area contributed by atoms with Crippen LogP contribution in [-0.2, 0) is 4.79 Å². The van der Waals surface area contributed by atoms with Crippen molar-refractivity contribution < 1.29 is 9.18 Å². The highest BCUT2D eigenvalue weighted by molar-refractivity contribution is 5.83. The molecule has 0 saturated heterocycles. The minimum atomic E-state index is -0.369. The molecule has 3 nitrogen and oxygen atoms in total. The first-order chi connectivity index (χ1) is 9.08. The van der Waals surface area contributed by atoms with Crippen LogP contribution in [0, 0.1) is 5.82 Å². The van der Waals surface area contributed by atoms with Gasteiger partial charge < -0.3 is 11.1 Å². The summed E-state index contributed by atoms with van der Waals surface area (Å²) in [5, 5.41) is 2.93. The fourth-order valence-electron chi connectivity index (χ4n) is 1.95. The van der Waals surface area contributed by atoms with Crippen molar-refractivity contribution in [2.24, 2.45) is 5.73 Å². The maximum atomic E-state index is 13.1. The Morgan fingerprint density at radius 3 is 2.79 bits per heavy atom. The number of carbonyl (C=O) groups is 1. The van der Waals surface area contributed by atoms with Crippen molar-refractivity contribution in [2.75, 3.05) is 6.54 Å². The fraction of sp³-hybridized carbons (Fsp3) is 0.533. The molecule has 0 aliphatic heterocycles. The van der Waals surface area contributed by atoms with Gasteiger partial charge in [-0.2, -0.15) is 0 Å². The molecule has 0 aromatic heterocycles. The Morgan fingerprint density at radius 1 is 1.47 bits per heavy atom. The van der Waals surface area contributed by atoms with Crippen LogP contribution >= 0.6 is 0 Å². The van der Waals surface area contributed by atoms with Crippen LogP contribution < -0.4 is 11.1 Å². The monoisotopic (exact) mass is 266 g/mol. The van der Waals surface area contributed by atoms with E-state index in [0.717, 1.165) is 19.3 Å². The van der Waals surface area contributed by atoms with E-state index in [2.05, 4.69) is 12.2 Å². The number of nitrogens with one attached hydrogen (secondary N) is 1. The number of benzene rings is 1. The maximum absolute atomic E-state index is 13.1. The maximum Gasteiger partial charge on any atom is 0.227 e. The van der Waals surface area contributed by atoms with E-state index < -0.39 is 0 Å². The van der Waals surface area contributed by atoms with Gasteiger partial charge in [0.05, 0.1) is 5.92 Å². The number of nitrogens with two attached hydrogens (primary N) is 1. The summed E-state index contributed by atoms with van der Waals surface area (Å²) in [6, 6.07) is 6.15. The first kappa shape index (κ1) is 15.6. The first-order valence-corrected chi connectivity index (χ1v) is 6.84. The van der Waals surface area contributed by atoms with Crippen molar-refractivity contribution in [3.8, 4) is 0 Å². The third kappa shape index (κ3) is 4.99. The second kappa shape index (κ2) is 7.89. The van der Waals surface area contributed by atoms with Gasteiger partial charge in [-0.25, -0.2) is 4.39 Å². The molecular formula is C15H23FN2O. The Balaban J connectivity index is 2.61. The zero-order valence-electron chi connectivity index (χ0n) is 11.7. The molecule has 0 heterocycles. The van der Waals surface area contributed by atoms with Crippen LogP contribution in [0.4, 0.5) is 4.39 Å². The minimum absolute atomic E-state index is 0.00320. The molecule has 4 heteroatoms. The summed E-state index contributed by atoms with van der Waals surface area (Å²) >= 11 is 0. The van der Waals surface area contributed by atoms with Crippen LogP contribution in [0.5, 0.6) is 0 Å². The third-order valence-corrected chi connectivity index (χ3v) is 3.28. The van der Waals surface area contributed by atoms with Gasteiger partial charge in [0, 0.05) is 12.6 Å². The molecular weight excluding hydrogens is 243 g/mol. The highest BCUT2D eigenvalue weighted by atomic mass is 19.1. The topological polar surface area (TPSA) is 55.1 Å². The molecule has 1 rings (SSSR count). The number of carbonyl (C=O) groups excluding carboxylic acids is 1. The Bertz CT molecular complexity index is 409. The van der Waals surface area contributed by atoms with Crippen molar-refractivity contribution in [1.82, 2.24) is 5.32 Å². The molecule has 0 aliphatic carbocycles. The van der Waals surface area contributed by atoms with Gasteiger partial charge >= 0.3 is 0 Å². The Morgan fingerprint density at radius 2 is 2.21 bits per heavy atom. The van der Waals surface area contributed by atoms with E-state index in [9.17, 15) is 9.18 Å². The molecule has 0 aliphatic rings. The van der Waals surface area contributed by atoms with Crippen molar-refractivity contribution in [3.63, 3.8) is 0 Å². The second-order valence-electron chi connectivity index (χ2n) is 4.86. The van der Waals surface area contributed by atoms with Gasteiger partial charge in [0.2, 0.25) is 5.91 Å². The predicted octanol–water partition coefficient (Wildman–Crippen LogP) is 2.56. The molecule has 106 valence electrons. The van der Waals surface area contributed by atoms with Crippen LogP contribution in [0.25, 0.3) is 0 Å². The predicted molar refractivity (Wildman–Crippen MR) is 75.3 cm³/mol. The molecule has 0 fully saturated rings. The summed E-state index contributed by atoms with van der Waals surface area (Å²) in [6.45, 7) is 4.31. The molecule has 1 aromatic rings. The molecule has 0 radical (unpaired) electrons. The molecule has 0 saturated carbocycles. The van der Waals surface area contributed by atoms with Gasteiger partial charge in [-0.15, -0.1) is 0 Å². The summed E-state index contributed by atoms with van der Waals surface area (Å²) in [5.74, 6) is -0.790. The number of hydrogen-bond acceptors (Lipinski definition) is 2. The van der Waals surface area contributed by atoms with Crippen LogP contribution in [-0.4, -0.2) is 18.5 Å². The standard InChI is InChI=1S/C15H23FN2O/c1-3-4-8-14(10-17)18-15(19)11(2)12-6-5-7-13(16)9-12/h5-7,9,11,14H,3-4,8,10,17H2,1-2H3,(H,18,19). The van der Waals surface area contributed by atoms with E-state index in [-0.39, 0.29) is 23.7 Å². The number of hydrogen-bond donors (Lipinski definition) is 2. The van der Waals surface area contributed by atoms with E-state index in [0.29, 0.717) is 12.1 Å². The Labute approximate surface area is 114 Å². The highest BCUT2D eigenvalue weighted by Gasteiger charge is 2.18. The summed E-state index contributed by atoms with van der Waals surface area (Å²) in [6.07, 6.45) is 3.00. The van der Waals surface area contributed by atoms with Crippen LogP contribution in [0.3, 0.4) is 0 Å². The number of halogens is 1. The second-order valence-corrected chi connectivity index (χ2v) is 4.86.